The molecule has 0 spiro atoms. The molecule has 2 N–H and O–H groups in total. The molecule has 0 fully saturated rings. The largest absolute Gasteiger partial charge is 0.375 e. The normalized spacial score (nSPS) is 12.9. The SMILES string of the molecule is CCC(CC)(CC)OCCC(CC)(CC)OCCCN. The zero-order valence-electron chi connectivity index (χ0n) is 14.5. The van der Waals surface area contributed by atoms with Crippen LogP contribution in [0.3, 0.4) is 0 Å². The molecule has 0 aromatic heterocycles. The van der Waals surface area contributed by atoms with E-state index in [-0.39, 0.29) is 11.2 Å². The van der Waals surface area contributed by atoms with Gasteiger partial charge in [-0.25, -0.2) is 0 Å². The highest BCUT2D eigenvalue weighted by Gasteiger charge is 2.29. The molecule has 0 radical (unpaired) electrons. The molecule has 20 heavy (non-hydrogen) atoms. The Balaban J connectivity index is 4.39. The van der Waals surface area contributed by atoms with Crippen molar-refractivity contribution >= 4 is 0 Å². The molecule has 0 heterocycles. The lowest BCUT2D eigenvalue weighted by molar-refractivity contribution is -0.105. The molecule has 0 aliphatic carbocycles. The molecule has 3 nitrogen and oxygen atoms in total. The third-order valence-electron chi connectivity index (χ3n) is 4.94. The lowest BCUT2D eigenvalue weighted by Gasteiger charge is -2.35. The first-order valence-corrected chi connectivity index (χ1v) is 8.55. The lowest BCUT2D eigenvalue weighted by atomic mass is 9.91. The number of hydrogen-bond donors (Lipinski definition) is 1. The summed E-state index contributed by atoms with van der Waals surface area (Å²) in [5, 5.41) is 0. The maximum absolute atomic E-state index is 6.24. The number of rotatable bonds is 13. The molecule has 3 heteroatoms. The Kier molecular flexibility index (Phi) is 10.5. The Morgan fingerprint density at radius 3 is 1.55 bits per heavy atom. The highest BCUT2D eigenvalue weighted by molar-refractivity contribution is 4.80. The van der Waals surface area contributed by atoms with Crippen LogP contribution in [0.1, 0.15) is 79.6 Å². The van der Waals surface area contributed by atoms with Gasteiger partial charge in [-0.05, 0) is 51.5 Å². The predicted molar refractivity (Wildman–Crippen MR) is 87.1 cm³/mol. The molecule has 0 atom stereocenters. The maximum atomic E-state index is 6.24. The Bertz CT molecular complexity index is 215. The Hall–Kier alpha value is -0.120. The van der Waals surface area contributed by atoms with Gasteiger partial charge in [0.2, 0.25) is 0 Å². The quantitative estimate of drug-likeness (QED) is 0.514. The van der Waals surface area contributed by atoms with Crippen LogP contribution < -0.4 is 5.73 Å². The van der Waals surface area contributed by atoms with Crippen LogP contribution in [0.25, 0.3) is 0 Å². The van der Waals surface area contributed by atoms with Crippen LogP contribution in [-0.2, 0) is 9.47 Å². The van der Waals surface area contributed by atoms with E-state index in [2.05, 4.69) is 34.6 Å². The molecule has 0 saturated heterocycles. The zero-order chi connectivity index (χ0) is 15.5. The molecule has 0 aromatic rings. The van der Waals surface area contributed by atoms with Gasteiger partial charge in [0.15, 0.2) is 0 Å². The highest BCUT2D eigenvalue weighted by atomic mass is 16.5. The third kappa shape index (κ3) is 6.11. The molecule has 0 rings (SSSR count). The van der Waals surface area contributed by atoms with E-state index in [4.69, 9.17) is 15.2 Å². The van der Waals surface area contributed by atoms with E-state index in [9.17, 15) is 0 Å². The minimum absolute atomic E-state index is 0.0316. The van der Waals surface area contributed by atoms with Crippen molar-refractivity contribution in [2.24, 2.45) is 5.73 Å². The van der Waals surface area contributed by atoms with Gasteiger partial charge < -0.3 is 15.2 Å². The summed E-state index contributed by atoms with van der Waals surface area (Å²) in [5.41, 5.74) is 5.58. The van der Waals surface area contributed by atoms with Gasteiger partial charge in [-0.15, -0.1) is 0 Å². The molecule has 0 aromatic carbocycles. The summed E-state index contributed by atoms with van der Waals surface area (Å²) in [6.45, 7) is 13.3. The van der Waals surface area contributed by atoms with Crippen LogP contribution in [-0.4, -0.2) is 31.0 Å². The topological polar surface area (TPSA) is 44.5 Å². The van der Waals surface area contributed by atoms with Crippen LogP contribution in [0.2, 0.25) is 0 Å². The van der Waals surface area contributed by atoms with Crippen LogP contribution in [0.4, 0.5) is 0 Å². The summed E-state index contributed by atoms with van der Waals surface area (Å²) in [4.78, 5) is 0. The van der Waals surface area contributed by atoms with Crippen LogP contribution >= 0.6 is 0 Å². The second-order valence-corrected chi connectivity index (χ2v) is 5.72. The lowest BCUT2D eigenvalue weighted by Crippen LogP contribution is -2.37. The fourth-order valence-electron chi connectivity index (χ4n) is 2.76. The van der Waals surface area contributed by atoms with Gasteiger partial charge in [-0.2, -0.15) is 0 Å². The minimum atomic E-state index is -0.0316. The van der Waals surface area contributed by atoms with Crippen molar-refractivity contribution in [3.63, 3.8) is 0 Å². The van der Waals surface area contributed by atoms with E-state index in [1.54, 1.807) is 0 Å². The molecular formula is C17H37NO2. The second-order valence-electron chi connectivity index (χ2n) is 5.72. The molecule has 0 amide bonds. The van der Waals surface area contributed by atoms with E-state index in [0.29, 0.717) is 6.54 Å². The van der Waals surface area contributed by atoms with Gasteiger partial charge >= 0.3 is 0 Å². The summed E-state index contributed by atoms with van der Waals surface area (Å²) < 4.78 is 12.4. The molecular weight excluding hydrogens is 250 g/mol. The maximum Gasteiger partial charge on any atom is 0.0699 e. The standard InChI is InChI=1S/C17H37NO2/c1-6-16(7-2,8-3)20-15-12-17(9-4,10-5)19-14-11-13-18/h6-15,18H2,1-5H3. The van der Waals surface area contributed by atoms with Gasteiger partial charge in [-0.3, -0.25) is 0 Å². The van der Waals surface area contributed by atoms with E-state index in [0.717, 1.165) is 58.2 Å². The van der Waals surface area contributed by atoms with Crippen LogP contribution in [0.5, 0.6) is 0 Å². The second kappa shape index (κ2) is 10.6. The van der Waals surface area contributed by atoms with E-state index < -0.39 is 0 Å². The van der Waals surface area contributed by atoms with Crippen LogP contribution in [0.15, 0.2) is 0 Å². The van der Waals surface area contributed by atoms with Crippen molar-refractivity contribution in [2.45, 2.75) is 90.8 Å². The van der Waals surface area contributed by atoms with Gasteiger partial charge in [0.1, 0.15) is 0 Å². The van der Waals surface area contributed by atoms with E-state index >= 15 is 0 Å². The molecule has 0 bridgehead atoms. The van der Waals surface area contributed by atoms with Crippen molar-refractivity contribution in [1.29, 1.82) is 0 Å². The van der Waals surface area contributed by atoms with Crippen molar-refractivity contribution < 1.29 is 9.47 Å². The van der Waals surface area contributed by atoms with Gasteiger partial charge in [0.05, 0.1) is 17.8 Å². The fraction of sp³-hybridized carbons (Fsp3) is 1.00. The summed E-state index contributed by atoms with van der Waals surface area (Å²) >= 11 is 0. The predicted octanol–water partition coefficient (Wildman–Crippen LogP) is 4.29. The minimum Gasteiger partial charge on any atom is -0.375 e. The summed E-state index contributed by atoms with van der Waals surface area (Å²) in [7, 11) is 0. The zero-order valence-corrected chi connectivity index (χ0v) is 14.5. The summed E-state index contributed by atoms with van der Waals surface area (Å²) in [5.74, 6) is 0. The number of hydrogen-bond acceptors (Lipinski definition) is 3. The average molecular weight is 287 g/mol. The molecule has 122 valence electrons. The first kappa shape index (κ1) is 19.9. The van der Waals surface area contributed by atoms with Crippen molar-refractivity contribution in [3.05, 3.63) is 0 Å². The van der Waals surface area contributed by atoms with Crippen molar-refractivity contribution in [1.82, 2.24) is 0 Å². The molecule has 0 unspecified atom stereocenters. The molecule has 0 saturated carbocycles. The first-order valence-electron chi connectivity index (χ1n) is 8.55. The molecule has 0 aliphatic rings. The van der Waals surface area contributed by atoms with Gasteiger partial charge in [0.25, 0.3) is 0 Å². The van der Waals surface area contributed by atoms with E-state index in [1.165, 1.54) is 0 Å². The molecule has 0 aliphatic heterocycles. The fourth-order valence-corrected chi connectivity index (χ4v) is 2.76. The smallest absolute Gasteiger partial charge is 0.0699 e. The summed E-state index contributed by atoms with van der Waals surface area (Å²) in [6, 6.07) is 0. The van der Waals surface area contributed by atoms with Gasteiger partial charge in [0, 0.05) is 6.61 Å². The highest BCUT2D eigenvalue weighted by Crippen LogP contribution is 2.29. The number of ether oxygens (including phenoxy) is 2. The van der Waals surface area contributed by atoms with Gasteiger partial charge in [-0.1, -0.05) is 34.6 Å². The number of nitrogens with two attached hydrogens (primary N) is 1. The first-order chi connectivity index (χ1) is 9.57. The Labute approximate surface area is 126 Å². The van der Waals surface area contributed by atoms with E-state index in [1.807, 2.05) is 0 Å². The monoisotopic (exact) mass is 287 g/mol. The third-order valence-corrected chi connectivity index (χ3v) is 4.94. The van der Waals surface area contributed by atoms with Crippen LogP contribution in [0, 0.1) is 0 Å². The summed E-state index contributed by atoms with van der Waals surface area (Å²) in [6.07, 6.45) is 7.24. The average Bonchev–Trinajstić information content (AvgIpc) is 2.51. The van der Waals surface area contributed by atoms with Crippen molar-refractivity contribution in [2.75, 3.05) is 19.8 Å². The Morgan fingerprint density at radius 1 is 0.700 bits per heavy atom. The van der Waals surface area contributed by atoms with Crippen molar-refractivity contribution in [3.8, 4) is 0 Å². The Morgan fingerprint density at radius 2 is 1.15 bits per heavy atom.